The van der Waals surface area contributed by atoms with Gasteiger partial charge in [0, 0.05) is 39.1 Å². The number of aliphatic imine (C=N–C) groups is 1. The molecular formula is C15H26N4. The second-order valence-electron chi connectivity index (χ2n) is 5.55. The molecule has 1 N–H and O–H groups in total. The Bertz CT molecular complexity index is 435. The first-order chi connectivity index (χ1) is 9.15. The van der Waals surface area contributed by atoms with Crippen LogP contribution in [0.1, 0.15) is 31.9 Å². The van der Waals surface area contributed by atoms with Gasteiger partial charge in [0.2, 0.25) is 0 Å². The summed E-state index contributed by atoms with van der Waals surface area (Å²) in [5, 5.41) is 3.57. The van der Waals surface area contributed by atoms with Crippen LogP contribution in [0.25, 0.3) is 0 Å². The van der Waals surface area contributed by atoms with Gasteiger partial charge in [-0.25, -0.2) is 0 Å². The van der Waals surface area contributed by atoms with Crippen LogP contribution in [0, 0.1) is 5.92 Å². The van der Waals surface area contributed by atoms with Gasteiger partial charge < -0.3 is 14.8 Å². The van der Waals surface area contributed by atoms with Gasteiger partial charge in [-0.2, -0.15) is 0 Å². The average Bonchev–Trinajstić information content (AvgIpc) is 3.00. The highest BCUT2D eigenvalue weighted by atomic mass is 15.3. The fourth-order valence-electron chi connectivity index (χ4n) is 2.60. The fourth-order valence-corrected chi connectivity index (χ4v) is 2.60. The second-order valence-corrected chi connectivity index (χ2v) is 5.55. The van der Waals surface area contributed by atoms with Crippen molar-refractivity contribution < 1.29 is 0 Å². The second kappa shape index (κ2) is 6.13. The largest absolute Gasteiger partial charge is 0.353 e. The number of nitrogens with one attached hydrogen (secondary N) is 1. The molecule has 1 aromatic rings. The molecule has 0 radical (unpaired) electrons. The molecule has 106 valence electrons. The number of rotatable bonds is 5. The lowest BCUT2D eigenvalue weighted by molar-refractivity contribution is 0.458. The first kappa shape index (κ1) is 14.0. The quantitative estimate of drug-likeness (QED) is 0.652. The average molecular weight is 262 g/mol. The van der Waals surface area contributed by atoms with Gasteiger partial charge in [-0.15, -0.1) is 0 Å². The molecule has 0 saturated heterocycles. The molecule has 2 atom stereocenters. The molecule has 19 heavy (non-hydrogen) atoms. The molecule has 0 bridgehead atoms. The van der Waals surface area contributed by atoms with Crippen LogP contribution in [-0.4, -0.2) is 35.6 Å². The van der Waals surface area contributed by atoms with Crippen molar-refractivity contribution >= 4 is 5.96 Å². The van der Waals surface area contributed by atoms with E-state index in [-0.39, 0.29) is 0 Å². The molecule has 0 spiro atoms. The summed E-state index contributed by atoms with van der Waals surface area (Å²) in [4.78, 5) is 6.59. The smallest absolute Gasteiger partial charge is 0.193 e. The number of hydrogen-bond acceptors (Lipinski definition) is 1. The fraction of sp³-hybridized carbons (Fsp3) is 0.667. The monoisotopic (exact) mass is 262 g/mol. The molecule has 1 aliphatic rings. The van der Waals surface area contributed by atoms with Crippen molar-refractivity contribution in [3.05, 3.63) is 24.0 Å². The van der Waals surface area contributed by atoms with Crippen LogP contribution in [0.2, 0.25) is 0 Å². The van der Waals surface area contributed by atoms with E-state index in [1.807, 2.05) is 7.05 Å². The third kappa shape index (κ3) is 3.52. The van der Waals surface area contributed by atoms with Crippen LogP contribution in [0.5, 0.6) is 0 Å². The first-order valence-electron chi connectivity index (χ1n) is 7.20. The van der Waals surface area contributed by atoms with Crippen molar-refractivity contribution in [3.8, 4) is 0 Å². The molecule has 1 saturated carbocycles. The van der Waals surface area contributed by atoms with Gasteiger partial charge in [0.1, 0.15) is 0 Å². The maximum Gasteiger partial charge on any atom is 0.193 e. The highest BCUT2D eigenvalue weighted by Crippen LogP contribution is 2.34. The van der Waals surface area contributed by atoms with Crippen LogP contribution in [0.3, 0.4) is 0 Å². The Morgan fingerprint density at radius 2 is 2.37 bits per heavy atom. The highest BCUT2D eigenvalue weighted by Gasteiger charge is 2.37. The Kier molecular flexibility index (Phi) is 4.51. The Hall–Kier alpha value is -1.45. The summed E-state index contributed by atoms with van der Waals surface area (Å²) in [5.74, 6) is 1.86. The predicted molar refractivity (Wildman–Crippen MR) is 80.2 cm³/mol. The number of nitrogens with zero attached hydrogens (tertiary/aromatic N) is 3. The van der Waals surface area contributed by atoms with E-state index in [2.05, 4.69) is 59.1 Å². The minimum atomic E-state index is 0.634. The molecule has 0 aliphatic heterocycles. The van der Waals surface area contributed by atoms with Crippen LogP contribution in [0.4, 0.5) is 0 Å². The molecule has 2 unspecified atom stereocenters. The van der Waals surface area contributed by atoms with Gasteiger partial charge >= 0.3 is 0 Å². The van der Waals surface area contributed by atoms with Crippen LogP contribution in [-0.2, 0) is 13.6 Å². The van der Waals surface area contributed by atoms with Gasteiger partial charge in [0.15, 0.2) is 5.96 Å². The Balaban J connectivity index is 1.86. The Morgan fingerprint density at radius 3 is 2.95 bits per heavy atom. The van der Waals surface area contributed by atoms with E-state index in [9.17, 15) is 0 Å². The summed E-state index contributed by atoms with van der Waals surface area (Å²) in [5.41, 5.74) is 1.30. The normalized spacial score (nSPS) is 22.4. The van der Waals surface area contributed by atoms with Gasteiger partial charge in [-0.3, -0.25) is 4.99 Å². The SMILES string of the molecule is CCCC1CC1NC(=NC)N(C)Cc1cccn1C. The molecule has 4 nitrogen and oxygen atoms in total. The topological polar surface area (TPSA) is 32.6 Å². The van der Waals surface area contributed by atoms with Crippen molar-refractivity contribution in [2.45, 2.75) is 38.8 Å². The van der Waals surface area contributed by atoms with Crippen molar-refractivity contribution in [3.63, 3.8) is 0 Å². The van der Waals surface area contributed by atoms with Crippen LogP contribution < -0.4 is 5.32 Å². The lowest BCUT2D eigenvalue weighted by atomic mass is 10.2. The van der Waals surface area contributed by atoms with Crippen molar-refractivity contribution in [1.29, 1.82) is 0 Å². The molecule has 1 aliphatic carbocycles. The summed E-state index contributed by atoms with van der Waals surface area (Å²) >= 11 is 0. The van der Waals surface area contributed by atoms with E-state index in [4.69, 9.17) is 0 Å². The summed E-state index contributed by atoms with van der Waals surface area (Å²) in [6.45, 7) is 3.14. The van der Waals surface area contributed by atoms with Crippen molar-refractivity contribution in [2.75, 3.05) is 14.1 Å². The van der Waals surface area contributed by atoms with E-state index in [1.54, 1.807) is 0 Å². The molecule has 1 aromatic heterocycles. The van der Waals surface area contributed by atoms with Crippen molar-refractivity contribution in [1.82, 2.24) is 14.8 Å². The van der Waals surface area contributed by atoms with Crippen molar-refractivity contribution in [2.24, 2.45) is 18.0 Å². The van der Waals surface area contributed by atoms with E-state index >= 15 is 0 Å². The van der Waals surface area contributed by atoms with E-state index in [1.165, 1.54) is 25.0 Å². The zero-order valence-electron chi connectivity index (χ0n) is 12.6. The third-order valence-electron chi connectivity index (χ3n) is 3.92. The number of aryl methyl sites for hydroxylation is 1. The molecule has 0 amide bonds. The lowest BCUT2D eigenvalue weighted by Crippen LogP contribution is -2.40. The zero-order valence-corrected chi connectivity index (χ0v) is 12.6. The van der Waals surface area contributed by atoms with Gasteiger partial charge in [0.05, 0.1) is 6.54 Å². The number of aromatic nitrogens is 1. The molecule has 1 heterocycles. The first-order valence-corrected chi connectivity index (χ1v) is 7.20. The maximum absolute atomic E-state index is 4.40. The number of guanidine groups is 1. The zero-order chi connectivity index (χ0) is 13.8. The van der Waals surface area contributed by atoms with E-state index in [0.29, 0.717) is 6.04 Å². The molecule has 1 fully saturated rings. The van der Waals surface area contributed by atoms with Crippen LogP contribution >= 0.6 is 0 Å². The maximum atomic E-state index is 4.40. The van der Waals surface area contributed by atoms with Gasteiger partial charge in [0.25, 0.3) is 0 Å². The molecule has 2 rings (SSSR count). The standard InChI is InChI=1S/C15H26N4/c1-5-7-12-10-14(12)17-15(16-2)19(4)11-13-8-6-9-18(13)3/h6,8-9,12,14H,5,7,10-11H2,1-4H3,(H,16,17). The summed E-state index contributed by atoms with van der Waals surface area (Å²) in [6.07, 6.45) is 5.99. The highest BCUT2D eigenvalue weighted by molar-refractivity contribution is 5.80. The lowest BCUT2D eigenvalue weighted by Gasteiger charge is -2.22. The van der Waals surface area contributed by atoms with Gasteiger partial charge in [-0.1, -0.05) is 13.3 Å². The molecule has 0 aromatic carbocycles. The Morgan fingerprint density at radius 1 is 1.58 bits per heavy atom. The minimum Gasteiger partial charge on any atom is -0.353 e. The van der Waals surface area contributed by atoms with Crippen LogP contribution in [0.15, 0.2) is 23.3 Å². The third-order valence-corrected chi connectivity index (χ3v) is 3.92. The summed E-state index contributed by atoms with van der Waals surface area (Å²) < 4.78 is 2.15. The number of hydrogen-bond donors (Lipinski definition) is 1. The molecular weight excluding hydrogens is 236 g/mol. The predicted octanol–water partition coefficient (Wildman–Crippen LogP) is 2.22. The van der Waals surface area contributed by atoms with Gasteiger partial charge in [-0.05, 0) is 30.9 Å². The summed E-state index contributed by atoms with van der Waals surface area (Å²) in [6, 6.07) is 4.87. The molecule has 4 heteroatoms. The minimum absolute atomic E-state index is 0.634. The van der Waals surface area contributed by atoms with E-state index in [0.717, 1.165) is 18.4 Å². The Labute approximate surface area is 116 Å². The van der Waals surface area contributed by atoms with E-state index < -0.39 is 0 Å². The summed E-state index contributed by atoms with van der Waals surface area (Å²) in [7, 11) is 6.04.